The molecule has 6 nitrogen and oxygen atoms in total. The summed E-state index contributed by atoms with van der Waals surface area (Å²) in [5.74, 6) is 1.18. The largest absolute Gasteiger partial charge is 0.466 e. The van der Waals surface area contributed by atoms with Gasteiger partial charge in [-0.05, 0) is 18.6 Å². The second-order valence-corrected chi connectivity index (χ2v) is 6.29. The zero-order valence-corrected chi connectivity index (χ0v) is 11.0. The van der Waals surface area contributed by atoms with Gasteiger partial charge in [0.15, 0.2) is 6.29 Å². The predicted octanol–water partition coefficient (Wildman–Crippen LogP) is 2.10. The number of aldehydes is 1. The summed E-state index contributed by atoms with van der Waals surface area (Å²) in [6.07, 6.45) is 2.58. The summed E-state index contributed by atoms with van der Waals surface area (Å²) in [4.78, 5) is 14.4. The fourth-order valence-corrected chi connectivity index (χ4v) is 3.34. The van der Waals surface area contributed by atoms with Crippen molar-refractivity contribution in [3.05, 3.63) is 18.3 Å². The van der Waals surface area contributed by atoms with E-state index in [-0.39, 0.29) is 0 Å². The van der Waals surface area contributed by atoms with Crippen LogP contribution in [0.4, 0.5) is 5.82 Å². The number of pyridine rings is 1. The van der Waals surface area contributed by atoms with Gasteiger partial charge in [-0.25, -0.2) is 4.98 Å². The van der Waals surface area contributed by atoms with Gasteiger partial charge >= 0.3 is 0 Å². The van der Waals surface area contributed by atoms with Gasteiger partial charge in [0, 0.05) is 6.54 Å². The summed E-state index contributed by atoms with van der Waals surface area (Å²) in [6, 6.07) is 3.18. The van der Waals surface area contributed by atoms with Crippen LogP contribution in [0.15, 0.2) is 18.3 Å². The van der Waals surface area contributed by atoms with E-state index in [0.717, 1.165) is 6.42 Å². The fourth-order valence-electron chi connectivity index (χ4n) is 1.67. The Kier molecular flexibility index (Phi) is 3.96. The van der Waals surface area contributed by atoms with Gasteiger partial charge < -0.3 is 4.74 Å². The lowest BCUT2D eigenvalue weighted by atomic mass is 10.4. The Morgan fingerprint density at radius 1 is 1.56 bits per heavy atom. The van der Waals surface area contributed by atoms with Crippen molar-refractivity contribution < 1.29 is 18.6 Å². The first kappa shape index (κ1) is 13.4. The van der Waals surface area contributed by atoms with Crippen LogP contribution in [0.1, 0.15) is 6.42 Å². The molecule has 0 radical (unpaired) electrons. The second-order valence-electron chi connectivity index (χ2n) is 3.75. The first-order valence-electron chi connectivity index (χ1n) is 5.28. The summed E-state index contributed by atoms with van der Waals surface area (Å²) < 4.78 is 26.1. The first-order chi connectivity index (χ1) is 8.53. The van der Waals surface area contributed by atoms with Crippen molar-refractivity contribution in [2.75, 3.05) is 16.6 Å². The number of carbonyl (C=O) groups is 1. The zero-order chi connectivity index (χ0) is 13.2. The molecule has 0 bridgehead atoms. The van der Waals surface area contributed by atoms with E-state index in [9.17, 15) is 13.9 Å². The van der Waals surface area contributed by atoms with Crippen LogP contribution in [0, 0.1) is 0 Å². The topological polar surface area (TPSA) is 82.9 Å². The highest BCUT2D eigenvalue weighted by Crippen LogP contribution is 2.50. The Morgan fingerprint density at radius 2 is 2.33 bits per heavy atom. The molecule has 0 aliphatic carbocycles. The molecule has 0 saturated carbocycles. The van der Waals surface area contributed by atoms with Crippen molar-refractivity contribution in [1.29, 1.82) is 0 Å². The van der Waals surface area contributed by atoms with Crippen LogP contribution in [0.3, 0.4) is 0 Å². The van der Waals surface area contributed by atoms with Crippen molar-refractivity contribution in [1.82, 2.24) is 4.98 Å². The SMILES string of the molecule is O=CC(Cl)Oc1ccc(N2CCCS2(O)O)nc1. The predicted molar refractivity (Wildman–Crippen MR) is 70.2 cm³/mol. The molecule has 1 atom stereocenters. The van der Waals surface area contributed by atoms with E-state index in [1.165, 1.54) is 10.5 Å². The fraction of sp³-hybridized carbons (Fsp3) is 0.400. The average molecular weight is 293 g/mol. The Bertz CT molecular complexity index is 428. The third-order valence-electron chi connectivity index (χ3n) is 2.46. The Labute approximate surface area is 111 Å². The van der Waals surface area contributed by atoms with Crippen LogP contribution in [-0.4, -0.2) is 38.2 Å². The Balaban J connectivity index is 2.10. The van der Waals surface area contributed by atoms with Gasteiger partial charge in [0.2, 0.25) is 5.56 Å². The van der Waals surface area contributed by atoms with Crippen LogP contribution in [0.2, 0.25) is 0 Å². The molecule has 1 aliphatic rings. The van der Waals surface area contributed by atoms with E-state index >= 15 is 0 Å². The zero-order valence-electron chi connectivity index (χ0n) is 9.40. The molecule has 2 rings (SSSR count). The lowest BCUT2D eigenvalue weighted by Gasteiger charge is -2.37. The summed E-state index contributed by atoms with van der Waals surface area (Å²) in [5, 5.41) is 0. The van der Waals surface area contributed by atoms with Crippen molar-refractivity contribution in [2.45, 2.75) is 12.0 Å². The Morgan fingerprint density at radius 3 is 2.83 bits per heavy atom. The highest BCUT2D eigenvalue weighted by Gasteiger charge is 2.29. The number of halogens is 1. The third-order valence-corrected chi connectivity index (χ3v) is 4.57. The number of carbonyl (C=O) groups excluding carboxylic acids is 1. The first-order valence-corrected chi connectivity index (χ1v) is 7.39. The molecule has 0 amide bonds. The lowest BCUT2D eigenvalue weighted by Crippen LogP contribution is -2.22. The van der Waals surface area contributed by atoms with Crippen molar-refractivity contribution in [2.24, 2.45) is 0 Å². The second kappa shape index (κ2) is 5.31. The Hall–Kier alpha value is -1.02. The number of alkyl halides is 1. The summed E-state index contributed by atoms with van der Waals surface area (Å²) in [6.45, 7) is 0.558. The maximum Gasteiger partial charge on any atom is 0.227 e. The molecule has 1 aromatic rings. The van der Waals surface area contributed by atoms with Gasteiger partial charge in [-0.3, -0.25) is 18.2 Å². The van der Waals surface area contributed by atoms with Crippen LogP contribution in [0.5, 0.6) is 5.75 Å². The van der Waals surface area contributed by atoms with Crippen molar-refractivity contribution in [3.8, 4) is 5.75 Å². The molecule has 2 heterocycles. The quantitative estimate of drug-likeness (QED) is 0.653. The highest BCUT2D eigenvalue weighted by molar-refractivity contribution is 8.25. The van der Waals surface area contributed by atoms with Gasteiger partial charge in [-0.1, -0.05) is 11.6 Å². The molecule has 1 aliphatic heterocycles. The average Bonchev–Trinajstić information content (AvgIpc) is 2.70. The minimum Gasteiger partial charge on any atom is -0.466 e. The number of aromatic nitrogens is 1. The summed E-state index contributed by atoms with van der Waals surface area (Å²) in [5.41, 5.74) is -1.05. The van der Waals surface area contributed by atoms with Gasteiger partial charge in [0.25, 0.3) is 0 Å². The molecule has 1 aromatic heterocycles. The molecular weight excluding hydrogens is 280 g/mol. The van der Waals surface area contributed by atoms with Crippen LogP contribution < -0.4 is 9.04 Å². The van der Waals surface area contributed by atoms with E-state index in [1.54, 1.807) is 12.1 Å². The third kappa shape index (κ3) is 2.86. The molecule has 1 unspecified atom stereocenters. The van der Waals surface area contributed by atoms with E-state index in [4.69, 9.17) is 16.3 Å². The molecular formula is C10H13ClN2O4S. The number of hydrogen-bond donors (Lipinski definition) is 2. The molecule has 18 heavy (non-hydrogen) atoms. The maximum absolute atomic E-state index is 10.3. The van der Waals surface area contributed by atoms with Crippen LogP contribution in [0.25, 0.3) is 0 Å². The van der Waals surface area contributed by atoms with Crippen molar-refractivity contribution in [3.63, 3.8) is 0 Å². The summed E-state index contributed by atoms with van der Waals surface area (Å²) in [7, 11) is -2.73. The van der Waals surface area contributed by atoms with Gasteiger partial charge in [-0.2, -0.15) is 0 Å². The van der Waals surface area contributed by atoms with Crippen molar-refractivity contribution >= 4 is 34.5 Å². The standard InChI is InChI=1S/C10H13ClN2O4S/c11-9(7-14)17-8-2-3-10(12-6-8)13-4-1-5-18(13,15)16/h2-3,6-7,9,15-16H,1,4-5H2. The van der Waals surface area contributed by atoms with E-state index in [0.29, 0.717) is 30.2 Å². The highest BCUT2D eigenvalue weighted by atomic mass is 35.5. The van der Waals surface area contributed by atoms with E-state index in [1.807, 2.05) is 0 Å². The molecule has 100 valence electrons. The number of rotatable bonds is 4. The molecule has 8 heteroatoms. The van der Waals surface area contributed by atoms with E-state index in [2.05, 4.69) is 4.98 Å². The number of ether oxygens (including phenoxy) is 1. The molecule has 0 spiro atoms. The number of hydrogen-bond acceptors (Lipinski definition) is 6. The van der Waals surface area contributed by atoms with Crippen LogP contribution in [-0.2, 0) is 4.79 Å². The minimum absolute atomic E-state index is 0.349. The smallest absolute Gasteiger partial charge is 0.227 e. The lowest BCUT2D eigenvalue weighted by molar-refractivity contribution is -0.110. The molecule has 1 saturated heterocycles. The maximum atomic E-state index is 10.3. The summed E-state index contributed by atoms with van der Waals surface area (Å²) >= 11 is 5.51. The normalized spacial score (nSPS) is 21.4. The number of nitrogens with zero attached hydrogens (tertiary/aromatic N) is 2. The minimum atomic E-state index is -2.73. The van der Waals surface area contributed by atoms with E-state index < -0.39 is 16.3 Å². The molecule has 1 fully saturated rings. The monoisotopic (exact) mass is 292 g/mol. The molecule has 2 N–H and O–H groups in total. The van der Waals surface area contributed by atoms with Crippen LogP contribution >= 0.6 is 22.4 Å². The van der Waals surface area contributed by atoms with Gasteiger partial charge in [-0.15, -0.1) is 10.8 Å². The molecule has 0 aromatic carbocycles. The number of anilines is 1. The van der Waals surface area contributed by atoms with Gasteiger partial charge in [0.05, 0.1) is 11.9 Å². The van der Waals surface area contributed by atoms with Gasteiger partial charge in [0.1, 0.15) is 11.6 Å².